The molecule has 2 heterocycles. The molecule has 1 atom stereocenters. The third-order valence-corrected chi connectivity index (χ3v) is 5.16. The summed E-state index contributed by atoms with van der Waals surface area (Å²) in [5, 5.41) is 7.26. The van der Waals surface area contributed by atoms with Crippen molar-refractivity contribution in [2.75, 3.05) is 13.7 Å². The first kappa shape index (κ1) is 19.7. The van der Waals surface area contributed by atoms with E-state index in [2.05, 4.69) is 15.5 Å². The fraction of sp³-hybridized carbons (Fsp3) is 0.261. The number of carbonyl (C=O) groups excluding carboxylic acids is 1. The number of allylic oxidation sites excluding steroid dienone is 1. The van der Waals surface area contributed by atoms with Crippen LogP contribution in [0.25, 0.3) is 17.0 Å². The zero-order valence-electron chi connectivity index (χ0n) is 17.3. The summed E-state index contributed by atoms with van der Waals surface area (Å²) >= 11 is 0. The molecular weight excluding hydrogens is 380 g/mol. The van der Waals surface area contributed by atoms with Gasteiger partial charge in [0, 0.05) is 17.8 Å². The Morgan fingerprint density at radius 2 is 1.97 bits per heavy atom. The molecule has 4 rings (SSSR count). The summed E-state index contributed by atoms with van der Waals surface area (Å²) in [6.45, 7) is 4.56. The molecule has 0 saturated heterocycles. The van der Waals surface area contributed by atoms with Crippen LogP contribution in [0.5, 0.6) is 5.75 Å². The molecule has 0 saturated carbocycles. The standard InChI is InChI=1S/C23H24N4O3/c1-4-13-27-15(2)19(22-25-21(26-30-22)16-9-6-5-7-10-16)20(24-23(27)28)17-11-8-12-18(14-17)29-3/h5-12,14,20H,4,13H2,1-3H3,(H,24,28). The van der Waals surface area contributed by atoms with E-state index in [4.69, 9.17) is 9.26 Å². The molecule has 2 amide bonds. The van der Waals surface area contributed by atoms with Gasteiger partial charge < -0.3 is 14.6 Å². The zero-order valence-corrected chi connectivity index (χ0v) is 17.3. The smallest absolute Gasteiger partial charge is 0.322 e. The molecule has 1 aliphatic rings. The van der Waals surface area contributed by atoms with Gasteiger partial charge in [-0.1, -0.05) is 54.5 Å². The van der Waals surface area contributed by atoms with Gasteiger partial charge in [0.15, 0.2) is 0 Å². The quantitative estimate of drug-likeness (QED) is 0.647. The van der Waals surface area contributed by atoms with Crippen LogP contribution in [0.2, 0.25) is 0 Å². The maximum absolute atomic E-state index is 12.8. The van der Waals surface area contributed by atoms with Crippen LogP contribution in [0.3, 0.4) is 0 Å². The van der Waals surface area contributed by atoms with Gasteiger partial charge in [-0.3, -0.25) is 4.90 Å². The van der Waals surface area contributed by atoms with Crippen LogP contribution in [-0.2, 0) is 0 Å². The Bertz CT molecular complexity index is 1070. The van der Waals surface area contributed by atoms with Crippen molar-refractivity contribution in [2.45, 2.75) is 26.3 Å². The Labute approximate surface area is 175 Å². The third-order valence-electron chi connectivity index (χ3n) is 5.16. The number of urea groups is 1. The molecule has 3 aromatic rings. The van der Waals surface area contributed by atoms with Crippen LogP contribution in [0.15, 0.2) is 64.8 Å². The first-order valence-electron chi connectivity index (χ1n) is 9.94. The molecule has 7 heteroatoms. The van der Waals surface area contributed by atoms with Crippen LogP contribution in [-0.4, -0.2) is 34.7 Å². The van der Waals surface area contributed by atoms with Gasteiger partial charge in [0.1, 0.15) is 5.75 Å². The average Bonchev–Trinajstić information content (AvgIpc) is 3.26. The molecule has 1 unspecified atom stereocenters. The van der Waals surface area contributed by atoms with Crippen LogP contribution in [0.4, 0.5) is 4.79 Å². The van der Waals surface area contributed by atoms with Crippen molar-refractivity contribution < 1.29 is 14.1 Å². The molecule has 0 fully saturated rings. The Morgan fingerprint density at radius 1 is 1.17 bits per heavy atom. The molecule has 0 bridgehead atoms. The predicted molar refractivity (Wildman–Crippen MR) is 114 cm³/mol. The number of methoxy groups -OCH3 is 1. The minimum atomic E-state index is -0.426. The maximum Gasteiger partial charge on any atom is 0.322 e. The van der Waals surface area contributed by atoms with Crippen molar-refractivity contribution in [3.63, 3.8) is 0 Å². The number of aromatic nitrogens is 2. The topological polar surface area (TPSA) is 80.5 Å². The summed E-state index contributed by atoms with van der Waals surface area (Å²) in [5.74, 6) is 1.61. The molecule has 1 aliphatic heterocycles. The lowest BCUT2D eigenvalue weighted by molar-refractivity contribution is 0.205. The van der Waals surface area contributed by atoms with Crippen molar-refractivity contribution in [1.29, 1.82) is 0 Å². The normalized spacial score (nSPS) is 16.6. The van der Waals surface area contributed by atoms with E-state index in [0.29, 0.717) is 24.0 Å². The molecule has 1 aromatic heterocycles. The average molecular weight is 404 g/mol. The van der Waals surface area contributed by atoms with Gasteiger partial charge in [0.2, 0.25) is 5.82 Å². The van der Waals surface area contributed by atoms with Gasteiger partial charge in [0.25, 0.3) is 5.89 Å². The summed E-state index contributed by atoms with van der Waals surface area (Å²) in [4.78, 5) is 19.2. The van der Waals surface area contributed by atoms with Crippen LogP contribution in [0.1, 0.15) is 37.8 Å². The number of hydrogen-bond donors (Lipinski definition) is 1. The second kappa shape index (κ2) is 8.41. The highest BCUT2D eigenvalue weighted by Gasteiger charge is 2.35. The number of hydrogen-bond acceptors (Lipinski definition) is 5. The van der Waals surface area contributed by atoms with E-state index in [0.717, 1.165) is 28.8 Å². The highest BCUT2D eigenvalue weighted by Crippen LogP contribution is 2.38. The summed E-state index contributed by atoms with van der Waals surface area (Å²) in [6.07, 6.45) is 0.834. The van der Waals surface area contributed by atoms with Crippen molar-refractivity contribution in [3.05, 3.63) is 71.7 Å². The van der Waals surface area contributed by atoms with E-state index in [1.165, 1.54) is 0 Å². The fourth-order valence-corrected chi connectivity index (χ4v) is 3.66. The minimum absolute atomic E-state index is 0.145. The maximum atomic E-state index is 12.8. The first-order valence-corrected chi connectivity index (χ1v) is 9.94. The minimum Gasteiger partial charge on any atom is -0.497 e. The first-order chi connectivity index (χ1) is 14.6. The second-order valence-corrected chi connectivity index (χ2v) is 7.10. The summed E-state index contributed by atoms with van der Waals surface area (Å²) in [6, 6.07) is 16.7. The summed E-state index contributed by atoms with van der Waals surface area (Å²) < 4.78 is 11.0. The fourth-order valence-electron chi connectivity index (χ4n) is 3.66. The molecule has 2 aromatic carbocycles. The van der Waals surface area contributed by atoms with E-state index in [9.17, 15) is 4.79 Å². The van der Waals surface area contributed by atoms with E-state index >= 15 is 0 Å². The number of amides is 2. The van der Waals surface area contributed by atoms with E-state index < -0.39 is 6.04 Å². The van der Waals surface area contributed by atoms with Gasteiger partial charge in [-0.25, -0.2) is 4.79 Å². The molecular formula is C23H24N4O3. The Morgan fingerprint density at radius 3 is 2.70 bits per heavy atom. The van der Waals surface area contributed by atoms with Crippen molar-refractivity contribution in [1.82, 2.24) is 20.4 Å². The lowest BCUT2D eigenvalue weighted by Crippen LogP contribution is -2.46. The van der Waals surface area contributed by atoms with Gasteiger partial charge in [-0.05, 0) is 31.0 Å². The van der Waals surface area contributed by atoms with Gasteiger partial charge in [-0.2, -0.15) is 4.98 Å². The molecule has 7 nitrogen and oxygen atoms in total. The van der Waals surface area contributed by atoms with Crippen molar-refractivity contribution in [2.24, 2.45) is 0 Å². The van der Waals surface area contributed by atoms with Gasteiger partial charge in [0.05, 0.1) is 18.7 Å². The Balaban J connectivity index is 1.82. The molecule has 154 valence electrons. The van der Waals surface area contributed by atoms with Gasteiger partial charge >= 0.3 is 6.03 Å². The van der Waals surface area contributed by atoms with E-state index in [-0.39, 0.29) is 6.03 Å². The number of nitrogens with zero attached hydrogens (tertiary/aromatic N) is 3. The van der Waals surface area contributed by atoms with E-state index in [1.807, 2.05) is 68.4 Å². The number of carbonyl (C=O) groups is 1. The van der Waals surface area contributed by atoms with Crippen LogP contribution in [0, 0.1) is 0 Å². The number of benzene rings is 2. The molecule has 1 N–H and O–H groups in total. The molecule has 0 radical (unpaired) electrons. The van der Waals surface area contributed by atoms with Crippen molar-refractivity contribution in [3.8, 4) is 17.1 Å². The van der Waals surface area contributed by atoms with Gasteiger partial charge in [-0.15, -0.1) is 0 Å². The molecule has 0 spiro atoms. The largest absolute Gasteiger partial charge is 0.497 e. The highest BCUT2D eigenvalue weighted by atomic mass is 16.5. The lowest BCUT2D eigenvalue weighted by Gasteiger charge is -2.35. The predicted octanol–water partition coefficient (Wildman–Crippen LogP) is 4.65. The second-order valence-electron chi connectivity index (χ2n) is 7.10. The van der Waals surface area contributed by atoms with E-state index in [1.54, 1.807) is 12.0 Å². The van der Waals surface area contributed by atoms with Crippen LogP contribution >= 0.6 is 0 Å². The van der Waals surface area contributed by atoms with Crippen LogP contribution < -0.4 is 10.1 Å². The number of rotatable bonds is 6. The summed E-state index contributed by atoms with van der Waals surface area (Å²) in [5.41, 5.74) is 3.34. The number of nitrogens with one attached hydrogen (secondary N) is 1. The van der Waals surface area contributed by atoms with Crippen molar-refractivity contribution >= 4 is 11.6 Å². The third kappa shape index (κ3) is 3.66. The monoisotopic (exact) mass is 404 g/mol. The molecule has 30 heavy (non-hydrogen) atoms. The Hall–Kier alpha value is -3.61. The zero-order chi connectivity index (χ0) is 21.1. The SMILES string of the molecule is CCCN1C(=O)NC(c2cccc(OC)c2)C(c2nc(-c3ccccc3)no2)=C1C. The number of ether oxygens (including phenoxy) is 1. The lowest BCUT2D eigenvalue weighted by atomic mass is 9.94. The Kier molecular flexibility index (Phi) is 5.52. The molecule has 0 aliphatic carbocycles. The highest BCUT2D eigenvalue weighted by molar-refractivity contribution is 5.86. The summed E-state index contributed by atoms with van der Waals surface area (Å²) in [7, 11) is 1.62.